The summed E-state index contributed by atoms with van der Waals surface area (Å²) in [4.78, 5) is 15.7. The largest absolute Gasteiger partial charge is 0.248 e. The summed E-state index contributed by atoms with van der Waals surface area (Å²) >= 11 is 0. The summed E-state index contributed by atoms with van der Waals surface area (Å²) in [6.07, 6.45) is 5.51. The van der Waals surface area contributed by atoms with Crippen LogP contribution in [0.3, 0.4) is 0 Å². The van der Waals surface area contributed by atoms with Crippen molar-refractivity contribution in [3.05, 3.63) is 205 Å². The Morgan fingerprint density at radius 1 is 0.424 bits per heavy atom. The molecule has 0 saturated carbocycles. The molecule has 3 heteroatoms. The topological polar surface area (TPSA) is 38.7 Å². The normalized spacial score (nSPS) is 13.5. The van der Waals surface area contributed by atoms with E-state index >= 15 is 0 Å². The molecule has 0 amide bonds. The summed E-state index contributed by atoms with van der Waals surface area (Å²) < 4.78 is 0. The second-order valence-electron chi connectivity index (χ2n) is 15.7. The molecule has 278 valence electrons. The lowest BCUT2D eigenvalue weighted by Gasteiger charge is -2.19. The van der Waals surface area contributed by atoms with Crippen molar-refractivity contribution in [2.75, 3.05) is 0 Å². The van der Waals surface area contributed by atoms with E-state index in [1.807, 2.05) is 6.07 Å². The highest BCUT2D eigenvalue weighted by molar-refractivity contribution is 6.14. The van der Waals surface area contributed by atoms with Gasteiger partial charge >= 0.3 is 0 Å². The molecule has 1 aliphatic carbocycles. The Morgan fingerprint density at radius 2 is 1.02 bits per heavy atom. The molecular formula is C56H39N3. The van der Waals surface area contributed by atoms with Crippen LogP contribution >= 0.6 is 0 Å². The first-order valence-corrected chi connectivity index (χ1v) is 20.4. The maximum absolute atomic E-state index is 5.30. The SMILES string of the molecule is CC1C=Cc2cccc(-c3nc(-c4ccc(-c5ccc(-c6cc(-c7ccccc7)nc7ccc8ccccc8c67)cc5)cc4)cc(-c4cccc5ccccc45)n3)c2C1. The fourth-order valence-corrected chi connectivity index (χ4v) is 8.83. The maximum Gasteiger partial charge on any atom is 0.160 e. The van der Waals surface area contributed by atoms with E-state index in [9.17, 15) is 0 Å². The number of pyridine rings is 1. The molecule has 0 bridgehead atoms. The molecule has 8 aromatic carbocycles. The first kappa shape index (κ1) is 34.7. The first-order valence-electron chi connectivity index (χ1n) is 20.4. The first-order chi connectivity index (χ1) is 29.1. The van der Waals surface area contributed by atoms with Crippen LogP contribution in [0, 0.1) is 5.92 Å². The molecule has 0 aliphatic heterocycles. The molecule has 0 spiro atoms. The Bertz CT molecular complexity index is 3230. The van der Waals surface area contributed by atoms with E-state index < -0.39 is 0 Å². The number of allylic oxidation sites excluding steroid dienone is 1. The van der Waals surface area contributed by atoms with Crippen molar-refractivity contribution in [1.82, 2.24) is 15.0 Å². The highest BCUT2D eigenvalue weighted by Crippen LogP contribution is 2.39. The molecule has 2 heterocycles. The van der Waals surface area contributed by atoms with Crippen molar-refractivity contribution in [2.45, 2.75) is 13.3 Å². The summed E-state index contributed by atoms with van der Waals surface area (Å²) in [7, 11) is 0. The van der Waals surface area contributed by atoms with Crippen molar-refractivity contribution in [2.24, 2.45) is 5.92 Å². The molecule has 1 atom stereocenters. The molecule has 0 N–H and O–H groups in total. The van der Waals surface area contributed by atoms with Gasteiger partial charge in [0.15, 0.2) is 5.82 Å². The van der Waals surface area contributed by atoms with Crippen LogP contribution in [0.25, 0.3) is 106 Å². The molecule has 3 nitrogen and oxygen atoms in total. The van der Waals surface area contributed by atoms with Gasteiger partial charge in [0.25, 0.3) is 0 Å². The number of aromatic nitrogens is 3. The third kappa shape index (κ3) is 6.38. The van der Waals surface area contributed by atoms with Gasteiger partial charge < -0.3 is 0 Å². The molecule has 0 saturated heterocycles. The van der Waals surface area contributed by atoms with Crippen LogP contribution in [0.5, 0.6) is 0 Å². The van der Waals surface area contributed by atoms with Gasteiger partial charge in [0.05, 0.1) is 22.6 Å². The van der Waals surface area contributed by atoms with E-state index in [1.54, 1.807) is 0 Å². The highest BCUT2D eigenvalue weighted by atomic mass is 14.9. The van der Waals surface area contributed by atoms with Crippen molar-refractivity contribution in [3.63, 3.8) is 0 Å². The number of fused-ring (bicyclic) bond motifs is 5. The number of hydrogen-bond donors (Lipinski definition) is 0. The highest BCUT2D eigenvalue weighted by Gasteiger charge is 2.20. The van der Waals surface area contributed by atoms with Crippen molar-refractivity contribution in [1.29, 1.82) is 0 Å². The van der Waals surface area contributed by atoms with Gasteiger partial charge in [-0.1, -0.05) is 189 Å². The van der Waals surface area contributed by atoms with Gasteiger partial charge in [0.1, 0.15) is 0 Å². The molecule has 11 rings (SSSR count). The van der Waals surface area contributed by atoms with Crippen LogP contribution in [0.2, 0.25) is 0 Å². The van der Waals surface area contributed by atoms with Crippen LogP contribution in [-0.2, 0) is 6.42 Å². The summed E-state index contributed by atoms with van der Waals surface area (Å²) in [5.74, 6) is 1.22. The average Bonchev–Trinajstić information content (AvgIpc) is 3.31. The Hall–Kier alpha value is -7.49. The lowest BCUT2D eigenvalue weighted by molar-refractivity contribution is 0.718. The third-order valence-corrected chi connectivity index (χ3v) is 11.9. The average molecular weight is 754 g/mol. The minimum atomic E-state index is 0.460. The van der Waals surface area contributed by atoms with E-state index in [1.165, 1.54) is 43.6 Å². The fourth-order valence-electron chi connectivity index (χ4n) is 8.83. The van der Waals surface area contributed by atoms with Crippen LogP contribution in [-0.4, -0.2) is 15.0 Å². The number of nitrogens with zero attached hydrogens (tertiary/aromatic N) is 3. The molecule has 59 heavy (non-hydrogen) atoms. The standard InChI is InChI=1S/C56H39N3/c1-36-21-22-41-16-10-20-48(49(41)33-36)56-58-53(35-54(59-56)47-19-9-15-39-11-5-7-17-45(39)47)44-29-25-38(26-30-44)37-23-27-42(28-24-37)50-34-52(43-13-3-2-4-14-43)57-51-32-31-40-12-6-8-18-46(40)55(50)51/h2-32,34-36H,33H2,1H3. The van der Waals surface area contributed by atoms with Gasteiger partial charge in [-0.3, -0.25) is 0 Å². The summed E-state index contributed by atoms with van der Waals surface area (Å²) in [6, 6.07) is 67.1. The summed E-state index contributed by atoms with van der Waals surface area (Å²) in [5, 5.41) is 5.97. The summed E-state index contributed by atoms with van der Waals surface area (Å²) in [5.41, 5.74) is 15.4. The van der Waals surface area contributed by atoms with E-state index in [0.29, 0.717) is 5.92 Å². The molecule has 1 aliphatic rings. The van der Waals surface area contributed by atoms with Crippen LogP contribution in [0.4, 0.5) is 0 Å². The Morgan fingerprint density at radius 3 is 1.81 bits per heavy atom. The van der Waals surface area contributed by atoms with Gasteiger partial charge in [0.2, 0.25) is 0 Å². The minimum absolute atomic E-state index is 0.460. The van der Waals surface area contributed by atoms with Gasteiger partial charge in [-0.05, 0) is 85.5 Å². The smallest absolute Gasteiger partial charge is 0.160 e. The Kier molecular flexibility index (Phi) is 8.52. The number of hydrogen-bond acceptors (Lipinski definition) is 3. The zero-order valence-electron chi connectivity index (χ0n) is 32.7. The predicted octanol–water partition coefficient (Wildman–Crippen LogP) is 14.5. The lowest BCUT2D eigenvalue weighted by Crippen LogP contribution is -2.07. The monoisotopic (exact) mass is 753 g/mol. The van der Waals surface area contributed by atoms with Gasteiger partial charge in [-0.2, -0.15) is 0 Å². The van der Waals surface area contributed by atoms with Crippen LogP contribution < -0.4 is 0 Å². The van der Waals surface area contributed by atoms with Gasteiger partial charge in [-0.15, -0.1) is 0 Å². The maximum atomic E-state index is 5.30. The minimum Gasteiger partial charge on any atom is -0.248 e. The van der Waals surface area contributed by atoms with Crippen molar-refractivity contribution < 1.29 is 0 Å². The van der Waals surface area contributed by atoms with E-state index in [2.05, 4.69) is 201 Å². The molecule has 1 unspecified atom stereocenters. The van der Waals surface area contributed by atoms with Gasteiger partial charge in [0, 0.05) is 27.6 Å². The second-order valence-corrected chi connectivity index (χ2v) is 15.7. The Labute approximate surface area is 344 Å². The third-order valence-electron chi connectivity index (χ3n) is 11.9. The van der Waals surface area contributed by atoms with Gasteiger partial charge in [-0.25, -0.2) is 15.0 Å². The lowest BCUT2D eigenvalue weighted by atomic mass is 9.87. The van der Waals surface area contributed by atoms with E-state index in [-0.39, 0.29) is 0 Å². The molecule has 0 fully saturated rings. The van der Waals surface area contributed by atoms with Crippen LogP contribution in [0.1, 0.15) is 18.1 Å². The molecule has 2 aromatic heterocycles. The molecular weight excluding hydrogens is 715 g/mol. The van der Waals surface area contributed by atoms with E-state index in [4.69, 9.17) is 15.0 Å². The van der Waals surface area contributed by atoms with Crippen LogP contribution in [0.15, 0.2) is 194 Å². The zero-order chi connectivity index (χ0) is 39.3. The number of benzene rings is 8. The summed E-state index contributed by atoms with van der Waals surface area (Å²) in [6.45, 7) is 2.27. The quantitative estimate of drug-likeness (QED) is 0.159. The van der Waals surface area contributed by atoms with Crippen molar-refractivity contribution >= 4 is 38.5 Å². The molecule has 10 aromatic rings. The van der Waals surface area contributed by atoms with E-state index in [0.717, 1.165) is 73.8 Å². The zero-order valence-corrected chi connectivity index (χ0v) is 32.7. The predicted molar refractivity (Wildman–Crippen MR) is 247 cm³/mol. The second kappa shape index (κ2) is 14.5. The number of rotatable bonds is 6. The fraction of sp³-hybridized carbons (Fsp3) is 0.0536. The molecule has 0 radical (unpaired) electrons. The van der Waals surface area contributed by atoms with Crippen molar-refractivity contribution in [3.8, 4) is 67.4 Å². The Balaban J connectivity index is 0.987.